The number of ether oxygens (including phenoxy) is 3. The lowest BCUT2D eigenvalue weighted by atomic mass is 10.3. The molecule has 0 radical (unpaired) electrons. The standard InChI is InChI=1S/C15H32N2O4/c1-5-6-8-19-10-12-21-13-11-20-9-7-16-14(2)15(18)17(3)4/h14,16H,5-13H2,1-4H3. The number of carbonyl (C=O) groups excluding carboxylic acids is 1. The zero-order valence-corrected chi connectivity index (χ0v) is 14.0. The van der Waals surface area contributed by atoms with E-state index in [-0.39, 0.29) is 11.9 Å². The topological polar surface area (TPSA) is 60.0 Å². The number of carbonyl (C=O) groups is 1. The maximum atomic E-state index is 11.6. The van der Waals surface area contributed by atoms with Crippen LogP contribution >= 0.6 is 0 Å². The lowest BCUT2D eigenvalue weighted by Gasteiger charge is -2.17. The number of nitrogens with zero attached hydrogens (tertiary/aromatic N) is 1. The molecule has 0 saturated carbocycles. The van der Waals surface area contributed by atoms with E-state index < -0.39 is 0 Å². The zero-order chi connectivity index (χ0) is 15.9. The predicted molar refractivity (Wildman–Crippen MR) is 83.5 cm³/mol. The molecule has 0 heterocycles. The number of amides is 1. The van der Waals surface area contributed by atoms with Crippen LogP contribution in [0.15, 0.2) is 0 Å². The van der Waals surface area contributed by atoms with Crippen molar-refractivity contribution in [3.05, 3.63) is 0 Å². The van der Waals surface area contributed by atoms with Gasteiger partial charge in [-0.1, -0.05) is 13.3 Å². The van der Waals surface area contributed by atoms with E-state index in [2.05, 4.69) is 12.2 Å². The molecule has 0 aromatic rings. The van der Waals surface area contributed by atoms with E-state index in [9.17, 15) is 4.79 Å². The van der Waals surface area contributed by atoms with Gasteiger partial charge in [-0.05, 0) is 13.3 Å². The van der Waals surface area contributed by atoms with Gasteiger partial charge in [0.05, 0.1) is 39.1 Å². The molecular weight excluding hydrogens is 272 g/mol. The van der Waals surface area contributed by atoms with Gasteiger partial charge in [-0.2, -0.15) is 0 Å². The molecule has 6 nitrogen and oxygen atoms in total. The third-order valence-corrected chi connectivity index (χ3v) is 2.89. The highest BCUT2D eigenvalue weighted by atomic mass is 16.5. The third-order valence-electron chi connectivity index (χ3n) is 2.89. The Morgan fingerprint density at radius 1 is 1.00 bits per heavy atom. The van der Waals surface area contributed by atoms with Crippen LogP contribution in [0.25, 0.3) is 0 Å². The summed E-state index contributed by atoms with van der Waals surface area (Å²) in [4.78, 5) is 13.1. The fourth-order valence-corrected chi connectivity index (χ4v) is 1.61. The van der Waals surface area contributed by atoms with E-state index in [1.165, 1.54) is 0 Å². The summed E-state index contributed by atoms with van der Waals surface area (Å²) >= 11 is 0. The van der Waals surface area contributed by atoms with Crippen LogP contribution in [-0.2, 0) is 19.0 Å². The van der Waals surface area contributed by atoms with Gasteiger partial charge >= 0.3 is 0 Å². The Labute approximate surface area is 129 Å². The van der Waals surface area contributed by atoms with Gasteiger partial charge in [-0.25, -0.2) is 0 Å². The number of unbranched alkanes of at least 4 members (excludes halogenated alkanes) is 1. The van der Waals surface area contributed by atoms with Gasteiger partial charge in [-0.15, -0.1) is 0 Å². The molecule has 1 amide bonds. The van der Waals surface area contributed by atoms with Crippen molar-refractivity contribution in [1.82, 2.24) is 10.2 Å². The summed E-state index contributed by atoms with van der Waals surface area (Å²) in [5, 5.41) is 3.12. The predicted octanol–water partition coefficient (Wildman–Crippen LogP) is 0.903. The summed E-state index contributed by atoms with van der Waals surface area (Å²) in [6, 6.07) is -0.180. The largest absolute Gasteiger partial charge is 0.379 e. The first-order valence-electron chi connectivity index (χ1n) is 7.77. The second-order valence-corrected chi connectivity index (χ2v) is 5.10. The summed E-state index contributed by atoms with van der Waals surface area (Å²) in [5.41, 5.74) is 0. The number of hydrogen-bond donors (Lipinski definition) is 1. The molecule has 0 aliphatic rings. The fourth-order valence-electron chi connectivity index (χ4n) is 1.61. The first-order valence-corrected chi connectivity index (χ1v) is 7.77. The molecule has 6 heteroatoms. The van der Waals surface area contributed by atoms with E-state index >= 15 is 0 Å². The van der Waals surface area contributed by atoms with Crippen molar-refractivity contribution in [1.29, 1.82) is 0 Å². The highest BCUT2D eigenvalue weighted by Crippen LogP contribution is 1.89. The fraction of sp³-hybridized carbons (Fsp3) is 0.933. The Morgan fingerprint density at radius 3 is 2.05 bits per heavy atom. The molecule has 0 bridgehead atoms. The minimum atomic E-state index is -0.180. The van der Waals surface area contributed by atoms with Crippen LogP contribution in [0.5, 0.6) is 0 Å². The van der Waals surface area contributed by atoms with Gasteiger partial charge in [0, 0.05) is 27.2 Å². The number of rotatable bonds is 14. The highest BCUT2D eigenvalue weighted by Gasteiger charge is 2.12. The van der Waals surface area contributed by atoms with Crippen LogP contribution in [0.4, 0.5) is 0 Å². The van der Waals surface area contributed by atoms with E-state index in [1.807, 2.05) is 6.92 Å². The van der Waals surface area contributed by atoms with Crippen LogP contribution in [0.3, 0.4) is 0 Å². The molecule has 126 valence electrons. The Balaban J connectivity index is 3.21. The van der Waals surface area contributed by atoms with Gasteiger partial charge in [-0.3, -0.25) is 4.79 Å². The van der Waals surface area contributed by atoms with E-state index in [1.54, 1.807) is 19.0 Å². The summed E-state index contributed by atoms with van der Waals surface area (Å²) in [7, 11) is 3.50. The minimum absolute atomic E-state index is 0.0707. The SMILES string of the molecule is CCCCOCCOCCOCCNC(C)C(=O)N(C)C. The van der Waals surface area contributed by atoms with Crippen LogP contribution < -0.4 is 5.32 Å². The summed E-state index contributed by atoms with van der Waals surface area (Å²) in [5.74, 6) is 0.0707. The number of nitrogens with one attached hydrogen (secondary N) is 1. The summed E-state index contributed by atoms with van der Waals surface area (Å²) < 4.78 is 16.2. The number of hydrogen-bond acceptors (Lipinski definition) is 5. The summed E-state index contributed by atoms with van der Waals surface area (Å²) in [6.45, 7) is 8.42. The van der Waals surface area contributed by atoms with Crippen LogP contribution in [0, 0.1) is 0 Å². The van der Waals surface area contributed by atoms with Crippen molar-refractivity contribution in [2.24, 2.45) is 0 Å². The van der Waals surface area contributed by atoms with Crippen molar-refractivity contribution in [3.63, 3.8) is 0 Å². The lowest BCUT2D eigenvalue weighted by Crippen LogP contribution is -2.42. The number of likely N-dealkylation sites (N-methyl/N-ethyl adjacent to an activating group) is 1. The Hall–Kier alpha value is -0.690. The molecule has 1 N–H and O–H groups in total. The molecule has 1 unspecified atom stereocenters. The average Bonchev–Trinajstić information content (AvgIpc) is 2.47. The van der Waals surface area contributed by atoms with Gasteiger partial charge < -0.3 is 24.4 Å². The molecule has 0 aliphatic carbocycles. The van der Waals surface area contributed by atoms with Gasteiger partial charge in [0.15, 0.2) is 0 Å². The molecule has 0 rings (SSSR count). The van der Waals surface area contributed by atoms with Gasteiger partial charge in [0.25, 0.3) is 0 Å². The van der Waals surface area contributed by atoms with Crippen molar-refractivity contribution >= 4 is 5.91 Å². The molecule has 0 aromatic heterocycles. The lowest BCUT2D eigenvalue weighted by molar-refractivity contribution is -0.130. The molecule has 0 aliphatic heterocycles. The highest BCUT2D eigenvalue weighted by molar-refractivity contribution is 5.80. The Kier molecular flexibility index (Phi) is 13.8. The molecule has 0 fully saturated rings. The quantitative estimate of drug-likeness (QED) is 0.483. The van der Waals surface area contributed by atoms with Crippen LogP contribution in [0.1, 0.15) is 26.7 Å². The maximum Gasteiger partial charge on any atom is 0.238 e. The van der Waals surface area contributed by atoms with E-state index in [0.717, 1.165) is 19.4 Å². The van der Waals surface area contributed by atoms with Crippen molar-refractivity contribution in [2.75, 3.05) is 60.3 Å². The average molecular weight is 304 g/mol. The first-order chi connectivity index (χ1) is 10.1. The Morgan fingerprint density at radius 2 is 1.52 bits per heavy atom. The normalized spacial score (nSPS) is 12.4. The monoisotopic (exact) mass is 304 g/mol. The van der Waals surface area contributed by atoms with Crippen molar-refractivity contribution < 1.29 is 19.0 Å². The smallest absolute Gasteiger partial charge is 0.238 e. The van der Waals surface area contributed by atoms with Crippen LogP contribution in [-0.4, -0.2) is 77.1 Å². The third kappa shape index (κ3) is 12.7. The molecule has 0 saturated heterocycles. The Bertz CT molecular complexity index is 250. The first kappa shape index (κ1) is 20.3. The molecule has 1 atom stereocenters. The summed E-state index contributed by atoms with van der Waals surface area (Å²) in [6.07, 6.45) is 2.26. The zero-order valence-electron chi connectivity index (χ0n) is 14.0. The van der Waals surface area contributed by atoms with E-state index in [0.29, 0.717) is 39.6 Å². The molecule has 0 aromatic carbocycles. The van der Waals surface area contributed by atoms with Gasteiger partial charge in [0.2, 0.25) is 5.91 Å². The second kappa shape index (κ2) is 14.3. The minimum Gasteiger partial charge on any atom is -0.379 e. The van der Waals surface area contributed by atoms with Crippen LogP contribution in [0.2, 0.25) is 0 Å². The molecular formula is C15H32N2O4. The molecule has 0 spiro atoms. The second-order valence-electron chi connectivity index (χ2n) is 5.10. The van der Waals surface area contributed by atoms with E-state index in [4.69, 9.17) is 14.2 Å². The van der Waals surface area contributed by atoms with Gasteiger partial charge in [0.1, 0.15) is 0 Å². The van der Waals surface area contributed by atoms with Crippen molar-refractivity contribution in [2.45, 2.75) is 32.7 Å². The maximum absolute atomic E-state index is 11.6. The van der Waals surface area contributed by atoms with Crippen molar-refractivity contribution in [3.8, 4) is 0 Å². The molecule has 21 heavy (non-hydrogen) atoms.